The standard InChI is InChI=1S/C21H27F3N4O/c1-25-19(27-15-20(11-4-5-12-20)18(29)28(2)3)26-13-7-9-16-8-6-10-17(14-16)21(22,23)24/h6,8,10,14H,4-5,11-13,15H2,1-3H3,(H2,25,26,27). The maximum Gasteiger partial charge on any atom is 0.416 e. The zero-order valence-electron chi connectivity index (χ0n) is 17.0. The van der Waals surface area contributed by atoms with Crippen molar-refractivity contribution in [3.05, 3.63) is 35.4 Å². The molecule has 0 unspecified atom stereocenters. The number of carbonyl (C=O) groups excluding carboxylic acids is 1. The van der Waals surface area contributed by atoms with Gasteiger partial charge in [0.15, 0.2) is 5.96 Å². The molecule has 1 aliphatic rings. The van der Waals surface area contributed by atoms with Crippen molar-refractivity contribution < 1.29 is 18.0 Å². The molecule has 29 heavy (non-hydrogen) atoms. The molecule has 0 heterocycles. The maximum atomic E-state index is 12.7. The van der Waals surface area contributed by atoms with Gasteiger partial charge in [-0.15, -0.1) is 0 Å². The van der Waals surface area contributed by atoms with Crippen LogP contribution >= 0.6 is 0 Å². The number of guanidine groups is 1. The van der Waals surface area contributed by atoms with Crippen LogP contribution < -0.4 is 10.6 Å². The molecule has 0 saturated heterocycles. The maximum absolute atomic E-state index is 12.7. The van der Waals surface area contributed by atoms with Gasteiger partial charge in [-0.25, -0.2) is 0 Å². The Kier molecular flexibility index (Phi) is 7.54. The lowest BCUT2D eigenvalue weighted by Crippen LogP contribution is -2.49. The molecule has 2 N–H and O–H groups in total. The molecular weight excluding hydrogens is 381 g/mol. The molecule has 0 bridgehead atoms. The minimum Gasteiger partial charge on any atom is -0.355 e. The highest BCUT2D eigenvalue weighted by molar-refractivity contribution is 5.85. The summed E-state index contributed by atoms with van der Waals surface area (Å²) in [4.78, 5) is 18.4. The highest BCUT2D eigenvalue weighted by Gasteiger charge is 2.42. The fourth-order valence-corrected chi connectivity index (χ4v) is 3.51. The van der Waals surface area contributed by atoms with Crippen molar-refractivity contribution in [2.75, 3.05) is 34.2 Å². The summed E-state index contributed by atoms with van der Waals surface area (Å²) in [5, 5.41) is 6.20. The monoisotopic (exact) mass is 408 g/mol. The zero-order chi connectivity index (χ0) is 21.5. The Morgan fingerprint density at radius 2 is 1.93 bits per heavy atom. The van der Waals surface area contributed by atoms with E-state index in [1.54, 1.807) is 26.0 Å². The summed E-state index contributed by atoms with van der Waals surface area (Å²) in [6.07, 6.45) is -0.666. The molecule has 0 aliphatic heterocycles. The van der Waals surface area contributed by atoms with Crippen LogP contribution in [0.5, 0.6) is 0 Å². The third kappa shape index (κ3) is 6.14. The number of benzene rings is 1. The number of nitrogens with zero attached hydrogens (tertiary/aromatic N) is 2. The van der Waals surface area contributed by atoms with Crippen LogP contribution in [0.2, 0.25) is 0 Å². The fourth-order valence-electron chi connectivity index (χ4n) is 3.51. The zero-order valence-corrected chi connectivity index (χ0v) is 17.0. The van der Waals surface area contributed by atoms with E-state index in [4.69, 9.17) is 0 Å². The second-order valence-corrected chi connectivity index (χ2v) is 7.35. The number of hydrogen-bond acceptors (Lipinski definition) is 2. The fraction of sp³-hybridized carbons (Fsp3) is 0.524. The van der Waals surface area contributed by atoms with Crippen molar-refractivity contribution in [2.24, 2.45) is 10.4 Å². The lowest BCUT2D eigenvalue weighted by atomic mass is 9.84. The Morgan fingerprint density at radius 1 is 1.24 bits per heavy atom. The Bertz CT molecular complexity index is 800. The lowest BCUT2D eigenvalue weighted by molar-refractivity contribution is -0.139. The van der Waals surface area contributed by atoms with Crippen LogP contribution in [0.25, 0.3) is 0 Å². The van der Waals surface area contributed by atoms with Gasteiger partial charge in [0.05, 0.1) is 17.5 Å². The summed E-state index contributed by atoms with van der Waals surface area (Å²) in [7, 11) is 5.14. The highest BCUT2D eigenvalue weighted by atomic mass is 19.4. The van der Waals surface area contributed by atoms with Gasteiger partial charge in [0.25, 0.3) is 0 Å². The number of carbonyl (C=O) groups is 1. The molecule has 5 nitrogen and oxygen atoms in total. The molecule has 2 rings (SSSR count). The van der Waals surface area contributed by atoms with E-state index < -0.39 is 17.2 Å². The van der Waals surface area contributed by atoms with Crippen molar-refractivity contribution in [3.63, 3.8) is 0 Å². The first-order valence-corrected chi connectivity index (χ1v) is 9.50. The average Bonchev–Trinajstić information content (AvgIpc) is 3.16. The minimum atomic E-state index is -4.39. The molecule has 1 saturated carbocycles. The van der Waals surface area contributed by atoms with Gasteiger partial charge in [-0.3, -0.25) is 9.79 Å². The number of aliphatic imine (C=N–C) groups is 1. The highest BCUT2D eigenvalue weighted by Crippen LogP contribution is 2.38. The van der Waals surface area contributed by atoms with Crippen LogP contribution in [-0.2, 0) is 11.0 Å². The quantitative estimate of drug-likeness (QED) is 0.458. The second kappa shape index (κ2) is 9.68. The molecule has 1 aliphatic carbocycles. The largest absolute Gasteiger partial charge is 0.416 e. The van der Waals surface area contributed by atoms with E-state index in [1.807, 2.05) is 0 Å². The molecule has 0 atom stereocenters. The average molecular weight is 408 g/mol. The minimum absolute atomic E-state index is 0.113. The third-order valence-electron chi connectivity index (χ3n) is 5.01. The van der Waals surface area contributed by atoms with Gasteiger partial charge in [0.1, 0.15) is 0 Å². The molecule has 8 heteroatoms. The normalized spacial score (nSPS) is 16.0. The molecule has 158 valence electrons. The Hall–Kier alpha value is -2.69. The van der Waals surface area contributed by atoms with Crippen LogP contribution in [0, 0.1) is 17.3 Å². The molecule has 0 spiro atoms. The van der Waals surface area contributed by atoms with E-state index in [9.17, 15) is 18.0 Å². The predicted octanol–water partition coefficient (Wildman–Crippen LogP) is 2.87. The van der Waals surface area contributed by atoms with Crippen molar-refractivity contribution in [1.82, 2.24) is 15.5 Å². The summed E-state index contributed by atoms with van der Waals surface area (Å²) < 4.78 is 38.2. The molecule has 0 radical (unpaired) electrons. The summed E-state index contributed by atoms with van der Waals surface area (Å²) in [5.74, 6) is 6.13. The number of amides is 1. The third-order valence-corrected chi connectivity index (χ3v) is 5.01. The van der Waals surface area contributed by atoms with Crippen LogP contribution in [0.1, 0.15) is 36.8 Å². The number of alkyl halides is 3. The van der Waals surface area contributed by atoms with E-state index in [-0.39, 0.29) is 12.5 Å². The molecule has 1 fully saturated rings. The molecule has 0 aromatic heterocycles. The number of halogens is 3. The molecule has 1 aromatic rings. The van der Waals surface area contributed by atoms with Gasteiger partial charge in [-0.05, 0) is 31.0 Å². The van der Waals surface area contributed by atoms with E-state index in [0.29, 0.717) is 18.1 Å². The van der Waals surface area contributed by atoms with Crippen LogP contribution in [0.4, 0.5) is 13.2 Å². The van der Waals surface area contributed by atoms with Gasteiger partial charge in [0, 0.05) is 33.3 Å². The Balaban J connectivity index is 1.92. The Labute approximate surface area is 169 Å². The van der Waals surface area contributed by atoms with Gasteiger partial charge >= 0.3 is 6.18 Å². The summed E-state index contributed by atoms with van der Waals surface area (Å²) >= 11 is 0. The van der Waals surface area contributed by atoms with E-state index in [1.165, 1.54) is 12.1 Å². The van der Waals surface area contributed by atoms with Crippen molar-refractivity contribution in [2.45, 2.75) is 31.9 Å². The van der Waals surface area contributed by atoms with E-state index >= 15 is 0 Å². The van der Waals surface area contributed by atoms with Gasteiger partial charge in [-0.1, -0.05) is 30.7 Å². The van der Waals surface area contributed by atoms with E-state index in [0.717, 1.165) is 37.8 Å². The summed E-state index contributed by atoms with van der Waals surface area (Å²) in [5.41, 5.74) is -0.849. The van der Waals surface area contributed by atoms with Crippen LogP contribution in [0.15, 0.2) is 29.3 Å². The summed E-state index contributed by atoms with van der Waals surface area (Å²) in [6, 6.07) is 4.91. The first-order chi connectivity index (χ1) is 13.7. The lowest BCUT2D eigenvalue weighted by Gasteiger charge is -2.31. The van der Waals surface area contributed by atoms with Gasteiger partial charge < -0.3 is 15.5 Å². The van der Waals surface area contributed by atoms with Crippen molar-refractivity contribution in [3.8, 4) is 11.8 Å². The number of rotatable bonds is 4. The first-order valence-electron chi connectivity index (χ1n) is 9.50. The van der Waals surface area contributed by atoms with E-state index in [2.05, 4.69) is 27.5 Å². The summed E-state index contributed by atoms with van der Waals surface area (Å²) in [6.45, 7) is 0.690. The second-order valence-electron chi connectivity index (χ2n) is 7.35. The SMILES string of the molecule is CN=C(NCC#Cc1cccc(C(F)(F)F)c1)NCC1(C(=O)N(C)C)CCCC1. The van der Waals surface area contributed by atoms with Crippen molar-refractivity contribution in [1.29, 1.82) is 0 Å². The van der Waals surface area contributed by atoms with Gasteiger partial charge in [-0.2, -0.15) is 13.2 Å². The molecular formula is C21H27F3N4O. The number of hydrogen-bond donors (Lipinski definition) is 2. The number of nitrogens with one attached hydrogen (secondary N) is 2. The van der Waals surface area contributed by atoms with Crippen molar-refractivity contribution >= 4 is 11.9 Å². The molecule has 1 aromatic carbocycles. The predicted molar refractivity (Wildman–Crippen MR) is 107 cm³/mol. The topological polar surface area (TPSA) is 56.7 Å². The first kappa shape index (κ1) is 22.6. The smallest absolute Gasteiger partial charge is 0.355 e. The Morgan fingerprint density at radius 3 is 2.52 bits per heavy atom. The van der Waals surface area contributed by atoms with Crippen LogP contribution in [0.3, 0.4) is 0 Å². The molecule has 1 amide bonds. The van der Waals surface area contributed by atoms with Gasteiger partial charge in [0.2, 0.25) is 5.91 Å². The van der Waals surface area contributed by atoms with Crippen LogP contribution in [-0.4, -0.2) is 51.0 Å².